The Morgan fingerprint density at radius 2 is 1.97 bits per heavy atom. The quantitative estimate of drug-likeness (QED) is 0.675. The van der Waals surface area contributed by atoms with Gasteiger partial charge in [-0.2, -0.15) is 0 Å². The first-order valence-electron chi connectivity index (χ1n) is 10.1. The predicted molar refractivity (Wildman–Crippen MR) is 109 cm³/mol. The normalized spacial score (nSPS) is 22.9. The van der Waals surface area contributed by atoms with Crippen LogP contribution in [-0.2, 0) is 16.0 Å². The minimum absolute atomic E-state index is 0.0354. The van der Waals surface area contributed by atoms with Gasteiger partial charge < -0.3 is 14.8 Å². The maximum Gasteiger partial charge on any atom is 0.272 e. The van der Waals surface area contributed by atoms with Gasteiger partial charge in [0.15, 0.2) is 5.65 Å². The second-order valence-corrected chi connectivity index (χ2v) is 8.01. The summed E-state index contributed by atoms with van der Waals surface area (Å²) in [5.41, 5.74) is 2.86. The van der Waals surface area contributed by atoms with E-state index < -0.39 is 0 Å². The summed E-state index contributed by atoms with van der Waals surface area (Å²) in [4.78, 5) is 19.1. The molecule has 9 heteroatoms. The number of hydrogen-bond acceptors (Lipinski definition) is 6. The van der Waals surface area contributed by atoms with E-state index in [9.17, 15) is 9.18 Å². The van der Waals surface area contributed by atoms with E-state index in [1.54, 1.807) is 12.1 Å². The maximum absolute atomic E-state index is 13.4. The molecule has 5 rings (SSSR count). The highest BCUT2D eigenvalue weighted by molar-refractivity contribution is 5.44. The molecular weight excluding hydrogens is 389 g/mol. The summed E-state index contributed by atoms with van der Waals surface area (Å²) in [6.07, 6.45) is -0.0766. The number of likely N-dealkylation sites (tertiary alicyclic amines) is 1. The van der Waals surface area contributed by atoms with Crippen molar-refractivity contribution >= 4 is 11.3 Å². The van der Waals surface area contributed by atoms with Crippen molar-refractivity contribution in [3.8, 4) is 0 Å². The smallest absolute Gasteiger partial charge is 0.272 e. The number of anilines is 1. The predicted octanol–water partition coefficient (Wildman–Crippen LogP) is 1.55. The zero-order chi connectivity index (χ0) is 20.7. The lowest BCUT2D eigenvalue weighted by Gasteiger charge is -2.19. The van der Waals surface area contributed by atoms with E-state index in [0.29, 0.717) is 44.2 Å². The summed E-state index contributed by atoms with van der Waals surface area (Å²) in [7, 11) is 0. The first kappa shape index (κ1) is 19.2. The number of nitrogens with one attached hydrogen (secondary N) is 2. The first-order valence-corrected chi connectivity index (χ1v) is 10.1. The monoisotopic (exact) mass is 413 g/mol. The van der Waals surface area contributed by atoms with E-state index in [1.165, 1.54) is 16.6 Å². The minimum atomic E-state index is -0.274. The highest BCUT2D eigenvalue weighted by Gasteiger charge is 2.37. The second kappa shape index (κ2) is 7.82. The van der Waals surface area contributed by atoms with Crippen LogP contribution in [0.25, 0.3) is 5.65 Å². The topological polar surface area (TPSA) is 83.9 Å². The van der Waals surface area contributed by atoms with Gasteiger partial charge in [0.2, 0.25) is 0 Å². The van der Waals surface area contributed by atoms with Crippen molar-refractivity contribution in [1.82, 2.24) is 19.5 Å². The van der Waals surface area contributed by atoms with E-state index >= 15 is 0 Å². The molecule has 1 aromatic carbocycles. The van der Waals surface area contributed by atoms with Crippen LogP contribution in [0.5, 0.6) is 0 Å². The van der Waals surface area contributed by atoms with Crippen LogP contribution in [0.3, 0.4) is 0 Å². The summed E-state index contributed by atoms with van der Waals surface area (Å²) in [5, 5.41) is 6.25. The average Bonchev–Trinajstić information content (AvgIpc) is 3.21. The Balaban J connectivity index is 1.20. The van der Waals surface area contributed by atoms with Gasteiger partial charge in [0, 0.05) is 43.1 Å². The third kappa shape index (κ3) is 3.96. The molecule has 30 heavy (non-hydrogen) atoms. The van der Waals surface area contributed by atoms with E-state index in [1.807, 2.05) is 19.1 Å². The summed E-state index contributed by atoms with van der Waals surface area (Å²) >= 11 is 0. The number of hydrogen-bond donors (Lipinski definition) is 2. The lowest BCUT2D eigenvalue weighted by atomic mass is 10.2. The zero-order valence-electron chi connectivity index (χ0n) is 16.7. The van der Waals surface area contributed by atoms with E-state index in [4.69, 9.17) is 9.47 Å². The lowest BCUT2D eigenvalue weighted by Crippen LogP contribution is -2.31. The molecule has 4 heterocycles. The van der Waals surface area contributed by atoms with Gasteiger partial charge in [-0.15, -0.1) is 0 Å². The average molecular weight is 413 g/mol. The number of aromatic nitrogens is 3. The molecule has 0 spiro atoms. The molecule has 2 saturated heterocycles. The molecule has 2 aliphatic heterocycles. The number of halogens is 1. The molecule has 158 valence electrons. The van der Waals surface area contributed by atoms with E-state index in [-0.39, 0.29) is 29.6 Å². The number of rotatable bonds is 4. The Kier molecular flexibility index (Phi) is 5.01. The largest absolute Gasteiger partial charge is 0.378 e. The minimum Gasteiger partial charge on any atom is -0.378 e. The van der Waals surface area contributed by atoms with Crippen LogP contribution in [0.15, 0.2) is 41.2 Å². The molecule has 0 bridgehead atoms. The molecule has 0 amide bonds. The van der Waals surface area contributed by atoms with Gasteiger partial charge in [-0.3, -0.25) is 14.8 Å². The second-order valence-electron chi connectivity index (χ2n) is 8.01. The molecule has 8 nitrogen and oxygen atoms in total. The van der Waals surface area contributed by atoms with Crippen LogP contribution in [0.1, 0.15) is 11.4 Å². The Bertz CT molecular complexity index is 1100. The molecule has 0 radical (unpaired) electrons. The number of nitrogens with zero attached hydrogens (tertiary/aromatic N) is 3. The summed E-state index contributed by atoms with van der Waals surface area (Å²) in [6, 6.07) is 9.78. The van der Waals surface area contributed by atoms with Crippen LogP contribution in [-0.4, -0.2) is 64.1 Å². The van der Waals surface area contributed by atoms with Crippen molar-refractivity contribution in [2.45, 2.75) is 31.7 Å². The van der Waals surface area contributed by atoms with Crippen molar-refractivity contribution in [3.05, 3.63) is 64.0 Å². The van der Waals surface area contributed by atoms with Crippen molar-refractivity contribution < 1.29 is 13.9 Å². The van der Waals surface area contributed by atoms with E-state index in [0.717, 1.165) is 11.4 Å². The molecule has 2 aliphatic rings. The number of ether oxygens (including phenoxy) is 2. The zero-order valence-corrected chi connectivity index (χ0v) is 16.7. The summed E-state index contributed by atoms with van der Waals surface area (Å²) in [5.74, 6) is -0.274. The van der Waals surface area contributed by atoms with Crippen molar-refractivity contribution in [3.63, 3.8) is 0 Å². The highest BCUT2D eigenvalue weighted by Crippen LogP contribution is 2.23. The van der Waals surface area contributed by atoms with Crippen molar-refractivity contribution in [1.29, 1.82) is 0 Å². The Labute approximate surface area is 172 Å². The number of H-pyrrole nitrogens is 1. The Hall–Kier alpha value is -2.75. The molecule has 2 aromatic heterocycles. The molecule has 2 atom stereocenters. The lowest BCUT2D eigenvalue weighted by molar-refractivity contribution is -0.00461. The molecule has 2 fully saturated rings. The molecule has 0 saturated carbocycles. The third-order valence-electron chi connectivity index (χ3n) is 5.53. The molecule has 0 unspecified atom stereocenters. The summed E-state index contributed by atoms with van der Waals surface area (Å²) < 4.78 is 27.0. The Morgan fingerprint density at radius 1 is 1.20 bits per heavy atom. The fourth-order valence-corrected chi connectivity index (χ4v) is 4.16. The van der Waals surface area contributed by atoms with Crippen LogP contribution in [0.4, 0.5) is 10.1 Å². The van der Waals surface area contributed by atoms with Gasteiger partial charge >= 0.3 is 0 Å². The first-order chi connectivity index (χ1) is 14.5. The fraction of sp³-hybridized carbons (Fsp3) is 0.429. The third-order valence-corrected chi connectivity index (χ3v) is 5.53. The van der Waals surface area contributed by atoms with Crippen LogP contribution in [0, 0.1) is 12.7 Å². The van der Waals surface area contributed by atoms with Gasteiger partial charge in [-0.1, -0.05) is 6.07 Å². The van der Waals surface area contributed by atoms with Gasteiger partial charge in [0.05, 0.1) is 37.2 Å². The van der Waals surface area contributed by atoms with E-state index in [2.05, 4.69) is 20.3 Å². The Morgan fingerprint density at radius 3 is 2.70 bits per heavy atom. The van der Waals surface area contributed by atoms with Gasteiger partial charge in [0.25, 0.3) is 5.56 Å². The standard InChI is InChI=1S/C21H24FN5O3/c1-13-5-20-24-16(7-21(28)27(20)25-13)8-26-9-18-19(10-26)30-12-17(11-29-18)23-15-4-2-3-14(22)6-15/h2-7,17-19,23,25H,8-12H2,1H3/t18-,19-/m0/s1. The van der Waals surface area contributed by atoms with Crippen molar-refractivity contribution in [2.24, 2.45) is 0 Å². The number of aryl methyl sites for hydroxylation is 1. The van der Waals surface area contributed by atoms with Crippen LogP contribution < -0.4 is 10.9 Å². The molecule has 0 aliphatic carbocycles. The molecular formula is C21H24FN5O3. The fourth-order valence-electron chi connectivity index (χ4n) is 4.16. The summed E-state index contributed by atoms with van der Waals surface area (Å²) in [6.45, 7) is 4.86. The SMILES string of the molecule is Cc1cc2nc(CN3C[C@@H]4OCC(Nc5cccc(F)c5)CO[C@H]4C3)cc(=O)n2[nH]1. The van der Waals surface area contributed by atoms with Crippen LogP contribution in [0.2, 0.25) is 0 Å². The van der Waals surface area contributed by atoms with Gasteiger partial charge in [-0.05, 0) is 25.1 Å². The highest BCUT2D eigenvalue weighted by atomic mass is 19.1. The van der Waals surface area contributed by atoms with Gasteiger partial charge in [0.1, 0.15) is 5.82 Å². The van der Waals surface area contributed by atoms with Crippen LogP contribution >= 0.6 is 0 Å². The maximum atomic E-state index is 13.4. The van der Waals surface area contributed by atoms with Gasteiger partial charge in [-0.25, -0.2) is 13.9 Å². The number of fused-ring (bicyclic) bond motifs is 2. The number of aromatic amines is 1. The molecule has 2 N–H and O–H groups in total. The van der Waals surface area contributed by atoms with Crippen molar-refractivity contribution in [2.75, 3.05) is 31.6 Å². The number of benzene rings is 1. The molecule has 3 aromatic rings.